The first-order valence-corrected chi connectivity index (χ1v) is 5.46. The van der Waals surface area contributed by atoms with Crippen molar-refractivity contribution in [3.63, 3.8) is 0 Å². The van der Waals surface area contributed by atoms with Crippen LogP contribution in [0.1, 0.15) is 0 Å². The molecule has 0 aliphatic carbocycles. The standard InChI is InChI=1S/C12H8BrNO2/c13-11-6-10(7-12(8-11)14(15)16)9-4-2-1-3-5-9/h1-8H. The molecule has 2 aromatic rings. The fourth-order valence-electron chi connectivity index (χ4n) is 1.48. The van der Waals surface area contributed by atoms with Crippen LogP contribution >= 0.6 is 15.9 Å². The number of nitro benzene ring substituents is 1. The molecule has 0 spiro atoms. The van der Waals surface area contributed by atoms with Gasteiger partial charge in [-0.3, -0.25) is 10.1 Å². The van der Waals surface area contributed by atoms with Crippen molar-refractivity contribution in [2.24, 2.45) is 0 Å². The Balaban J connectivity index is 2.54. The molecule has 0 radical (unpaired) electrons. The Morgan fingerprint density at radius 1 is 1.00 bits per heavy atom. The van der Waals surface area contributed by atoms with Gasteiger partial charge in [-0.05, 0) is 17.2 Å². The molecule has 16 heavy (non-hydrogen) atoms. The Hall–Kier alpha value is -1.68. The Morgan fingerprint density at radius 3 is 2.31 bits per heavy atom. The summed E-state index contributed by atoms with van der Waals surface area (Å²) in [5.74, 6) is 0. The average molecular weight is 278 g/mol. The van der Waals surface area contributed by atoms with Gasteiger partial charge in [0.1, 0.15) is 0 Å². The van der Waals surface area contributed by atoms with Crippen molar-refractivity contribution in [3.8, 4) is 11.1 Å². The molecule has 0 amide bonds. The lowest BCUT2D eigenvalue weighted by Gasteiger charge is -2.02. The molecule has 0 bridgehead atoms. The molecule has 0 saturated heterocycles. The van der Waals surface area contributed by atoms with Crippen LogP contribution in [0.4, 0.5) is 5.69 Å². The minimum atomic E-state index is -0.392. The van der Waals surface area contributed by atoms with E-state index in [9.17, 15) is 10.1 Å². The summed E-state index contributed by atoms with van der Waals surface area (Å²) in [7, 11) is 0. The first kappa shape index (κ1) is 10.8. The van der Waals surface area contributed by atoms with Gasteiger partial charge in [-0.25, -0.2) is 0 Å². The first-order valence-electron chi connectivity index (χ1n) is 4.67. The summed E-state index contributed by atoms with van der Waals surface area (Å²) in [6, 6.07) is 14.5. The number of halogens is 1. The summed E-state index contributed by atoms with van der Waals surface area (Å²) in [6.07, 6.45) is 0. The Morgan fingerprint density at radius 2 is 1.69 bits per heavy atom. The van der Waals surface area contributed by atoms with E-state index in [2.05, 4.69) is 15.9 Å². The van der Waals surface area contributed by atoms with Crippen LogP contribution in [-0.2, 0) is 0 Å². The minimum Gasteiger partial charge on any atom is -0.258 e. The van der Waals surface area contributed by atoms with E-state index in [-0.39, 0.29) is 5.69 Å². The van der Waals surface area contributed by atoms with Crippen LogP contribution in [0.5, 0.6) is 0 Å². The highest BCUT2D eigenvalue weighted by atomic mass is 79.9. The molecule has 3 nitrogen and oxygen atoms in total. The molecular formula is C12H8BrNO2. The third kappa shape index (κ3) is 2.28. The normalized spacial score (nSPS) is 10.1. The average Bonchev–Trinajstić information content (AvgIpc) is 2.29. The molecule has 0 N–H and O–H groups in total. The minimum absolute atomic E-state index is 0.0910. The molecule has 2 rings (SSSR count). The summed E-state index contributed by atoms with van der Waals surface area (Å²) in [5, 5.41) is 10.7. The molecule has 0 aromatic heterocycles. The van der Waals surface area contributed by atoms with Crippen molar-refractivity contribution in [1.29, 1.82) is 0 Å². The van der Waals surface area contributed by atoms with Crippen molar-refractivity contribution < 1.29 is 4.92 Å². The van der Waals surface area contributed by atoms with E-state index in [1.54, 1.807) is 6.07 Å². The second-order valence-corrected chi connectivity index (χ2v) is 4.24. The molecule has 0 aliphatic heterocycles. The molecular weight excluding hydrogens is 270 g/mol. The third-order valence-electron chi connectivity index (χ3n) is 2.20. The summed E-state index contributed by atoms with van der Waals surface area (Å²) in [6.45, 7) is 0. The Bertz CT molecular complexity index is 526. The number of hydrogen-bond acceptors (Lipinski definition) is 2. The number of non-ortho nitro benzene ring substituents is 1. The zero-order chi connectivity index (χ0) is 11.5. The van der Waals surface area contributed by atoms with E-state index in [0.29, 0.717) is 4.47 Å². The molecule has 0 fully saturated rings. The fourth-order valence-corrected chi connectivity index (χ4v) is 1.96. The van der Waals surface area contributed by atoms with Crippen LogP contribution < -0.4 is 0 Å². The van der Waals surface area contributed by atoms with E-state index in [1.807, 2.05) is 36.4 Å². The van der Waals surface area contributed by atoms with E-state index in [0.717, 1.165) is 11.1 Å². The number of nitrogens with zero attached hydrogens (tertiary/aromatic N) is 1. The molecule has 0 saturated carbocycles. The van der Waals surface area contributed by atoms with Gasteiger partial charge in [-0.1, -0.05) is 46.3 Å². The second-order valence-electron chi connectivity index (χ2n) is 3.32. The molecule has 0 atom stereocenters. The highest BCUT2D eigenvalue weighted by molar-refractivity contribution is 9.10. The van der Waals surface area contributed by atoms with Gasteiger partial charge in [0.05, 0.1) is 4.92 Å². The quantitative estimate of drug-likeness (QED) is 0.615. The molecule has 0 aliphatic rings. The van der Waals surface area contributed by atoms with Crippen molar-refractivity contribution in [2.45, 2.75) is 0 Å². The van der Waals surface area contributed by atoms with Crippen molar-refractivity contribution in [2.75, 3.05) is 0 Å². The first-order chi connectivity index (χ1) is 7.66. The van der Waals surface area contributed by atoms with Gasteiger partial charge in [0.15, 0.2) is 0 Å². The van der Waals surface area contributed by atoms with Gasteiger partial charge >= 0.3 is 0 Å². The summed E-state index contributed by atoms with van der Waals surface area (Å²) in [4.78, 5) is 10.3. The Kier molecular flexibility index (Phi) is 3.01. The van der Waals surface area contributed by atoms with Gasteiger partial charge in [0, 0.05) is 16.6 Å². The predicted molar refractivity (Wildman–Crippen MR) is 66.2 cm³/mol. The molecule has 0 unspecified atom stereocenters. The predicted octanol–water partition coefficient (Wildman–Crippen LogP) is 4.02. The largest absolute Gasteiger partial charge is 0.271 e. The third-order valence-corrected chi connectivity index (χ3v) is 2.66. The highest BCUT2D eigenvalue weighted by Crippen LogP contribution is 2.28. The topological polar surface area (TPSA) is 43.1 Å². The summed E-state index contributed by atoms with van der Waals surface area (Å²) in [5.41, 5.74) is 1.89. The van der Waals surface area contributed by atoms with Crippen molar-refractivity contribution in [1.82, 2.24) is 0 Å². The van der Waals surface area contributed by atoms with Crippen molar-refractivity contribution >= 4 is 21.6 Å². The monoisotopic (exact) mass is 277 g/mol. The number of hydrogen-bond donors (Lipinski definition) is 0. The van der Waals surface area contributed by atoms with Gasteiger partial charge in [-0.2, -0.15) is 0 Å². The maximum atomic E-state index is 10.7. The maximum absolute atomic E-state index is 10.7. The number of rotatable bonds is 2. The van der Waals surface area contributed by atoms with Gasteiger partial charge < -0.3 is 0 Å². The zero-order valence-corrected chi connectivity index (χ0v) is 9.85. The fraction of sp³-hybridized carbons (Fsp3) is 0. The van der Waals surface area contributed by atoms with E-state index < -0.39 is 4.92 Å². The van der Waals surface area contributed by atoms with E-state index >= 15 is 0 Å². The highest BCUT2D eigenvalue weighted by Gasteiger charge is 2.09. The van der Waals surface area contributed by atoms with E-state index in [1.165, 1.54) is 6.07 Å². The number of benzene rings is 2. The van der Waals surface area contributed by atoms with Crippen LogP contribution in [0.2, 0.25) is 0 Å². The molecule has 2 aromatic carbocycles. The SMILES string of the molecule is O=[N+]([O-])c1cc(Br)cc(-c2ccccc2)c1. The Labute approximate surface area is 101 Å². The van der Waals surface area contributed by atoms with Crippen LogP contribution in [0.25, 0.3) is 11.1 Å². The summed E-state index contributed by atoms with van der Waals surface area (Å²) >= 11 is 3.27. The smallest absolute Gasteiger partial charge is 0.258 e. The zero-order valence-electron chi connectivity index (χ0n) is 8.26. The lowest BCUT2D eigenvalue weighted by atomic mass is 10.1. The van der Waals surface area contributed by atoms with Gasteiger partial charge in [0.2, 0.25) is 0 Å². The van der Waals surface area contributed by atoms with E-state index in [4.69, 9.17) is 0 Å². The van der Waals surface area contributed by atoms with Crippen molar-refractivity contribution in [3.05, 3.63) is 63.1 Å². The number of nitro groups is 1. The molecule has 80 valence electrons. The summed E-state index contributed by atoms with van der Waals surface area (Å²) < 4.78 is 0.709. The molecule has 0 heterocycles. The lowest BCUT2D eigenvalue weighted by Crippen LogP contribution is -1.88. The maximum Gasteiger partial charge on any atom is 0.271 e. The van der Waals surface area contributed by atoms with Gasteiger partial charge in [0.25, 0.3) is 5.69 Å². The second kappa shape index (κ2) is 4.45. The lowest BCUT2D eigenvalue weighted by molar-refractivity contribution is -0.384. The van der Waals surface area contributed by atoms with Crippen LogP contribution in [-0.4, -0.2) is 4.92 Å². The van der Waals surface area contributed by atoms with Crippen LogP contribution in [0, 0.1) is 10.1 Å². The van der Waals surface area contributed by atoms with Crippen LogP contribution in [0.15, 0.2) is 53.0 Å². The van der Waals surface area contributed by atoms with Crippen LogP contribution in [0.3, 0.4) is 0 Å². The molecule has 4 heteroatoms. The van der Waals surface area contributed by atoms with Gasteiger partial charge in [-0.15, -0.1) is 0 Å².